The molecule has 0 bridgehead atoms. The van der Waals surface area contributed by atoms with Crippen molar-refractivity contribution in [2.45, 2.75) is 12.5 Å². The number of rotatable bonds is 4. The van der Waals surface area contributed by atoms with E-state index in [1.54, 1.807) is 0 Å². The molecule has 1 heterocycles. The third-order valence-electron chi connectivity index (χ3n) is 4.46. The van der Waals surface area contributed by atoms with Gasteiger partial charge in [-0.3, -0.25) is 4.90 Å². The molecule has 0 radical (unpaired) electrons. The molecule has 0 aromatic heterocycles. The predicted molar refractivity (Wildman–Crippen MR) is 91.1 cm³/mol. The summed E-state index contributed by atoms with van der Waals surface area (Å²) in [6.07, 6.45) is 0. The first-order chi connectivity index (χ1) is 10.7. The van der Waals surface area contributed by atoms with Crippen molar-refractivity contribution in [3.63, 3.8) is 0 Å². The zero-order valence-corrected chi connectivity index (χ0v) is 14.0. The molecule has 2 nitrogen and oxygen atoms in total. The van der Waals surface area contributed by atoms with E-state index in [0.29, 0.717) is 24.9 Å². The van der Waals surface area contributed by atoms with Crippen LogP contribution < -0.4 is 5.73 Å². The second kappa shape index (κ2) is 6.90. The lowest BCUT2D eigenvalue weighted by molar-refractivity contribution is 0.311. The number of nitrogens with zero attached hydrogens (tertiary/aromatic N) is 1. The van der Waals surface area contributed by atoms with E-state index >= 15 is 0 Å². The third-order valence-corrected chi connectivity index (χ3v) is 4.95. The minimum Gasteiger partial charge on any atom is -0.330 e. The highest BCUT2D eigenvalue weighted by molar-refractivity contribution is 9.10. The summed E-state index contributed by atoms with van der Waals surface area (Å²) in [6, 6.07) is 15.8. The highest BCUT2D eigenvalue weighted by atomic mass is 79.9. The van der Waals surface area contributed by atoms with Gasteiger partial charge in [-0.15, -0.1) is 0 Å². The van der Waals surface area contributed by atoms with Crippen LogP contribution in [0.1, 0.15) is 17.0 Å². The van der Waals surface area contributed by atoms with E-state index in [1.807, 2.05) is 18.2 Å². The van der Waals surface area contributed by atoms with Gasteiger partial charge in [-0.25, -0.2) is 4.39 Å². The number of nitrogens with two attached hydrogens (primary N) is 1. The molecule has 0 unspecified atom stereocenters. The van der Waals surface area contributed by atoms with Gasteiger partial charge in [0.25, 0.3) is 0 Å². The fraction of sp³-hybridized carbons (Fsp3) is 0.333. The second-order valence-corrected chi connectivity index (χ2v) is 6.86. The first-order valence-electron chi connectivity index (χ1n) is 7.58. The van der Waals surface area contributed by atoms with E-state index in [2.05, 4.69) is 45.1 Å². The zero-order chi connectivity index (χ0) is 15.5. The normalized spacial score (nSPS) is 22.1. The van der Waals surface area contributed by atoms with Crippen LogP contribution in [0.25, 0.3) is 0 Å². The Morgan fingerprint density at radius 2 is 1.91 bits per heavy atom. The maximum atomic E-state index is 14.0. The average molecular weight is 363 g/mol. The molecule has 1 aliphatic heterocycles. The summed E-state index contributed by atoms with van der Waals surface area (Å²) in [4.78, 5) is 2.31. The fourth-order valence-corrected chi connectivity index (χ4v) is 3.63. The van der Waals surface area contributed by atoms with Crippen molar-refractivity contribution in [2.24, 2.45) is 11.7 Å². The van der Waals surface area contributed by atoms with E-state index in [-0.39, 0.29) is 5.82 Å². The maximum absolute atomic E-state index is 14.0. The van der Waals surface area contributed by atoms with Crippen molar-refractivity contribution in [3.05, 3.63) is 69.9 Å². The summed E-state index contributed by atoms with van der Waals surface area (Å²) in [5, 5.41) is 0. The van der Waals surface area contributed by atoms with Gasteiger partial charge < -0.3 is 5.73 Å². The highest BCUT2D eigenvalue weighted by Crippen LogP contribution is 2.33. The molecule has 1 saturated heterocycles. The fourth-order valence-electron chi connectivity index (χ4n) is 3.30. The van der Waals surface area contributed by atoms with Crippen LogP contribution in [0.4, 0.5) is 4.39 Å². The lowest BCUT2D eigenvalue weighted by Gasteiger charge is -2.17. The third kappa shape index (κ3) is 3.40. The van der Waals surface area contributed by atoms with Crippen LogP contribution in [0.2, 0.25) is 0 Å². The second-order valence-electron chi connectivity index (χ2n) is 5.94. The van der Waals surface area contributed by atoms with Crippen molar-refractivity contribution >= 4 is 15.9 Å². The summed E-state index contributed by atoms with van der Waals surface area (Å²) in [6.45, 7) is 3.16. The Hall–Kier alpha value is -1.23. The molecule has 22 heavy (non-hydrogen) atoms. The topological polar surface area (TPSA) is 29.3 Å². The number of benzene rings is 2. The quantitative estimate of drug-likeness (QED) is 0.896. The monoisotopic (exact) mass is 362 g/mol. The Morgan fingerprint density at radius 1 is 1.14 bits per heavy atom. The van der Waals surface area contributed by atoms with Gasteiger partial charge in [-0.2, -0.15) is 0 Å². The molecule has 0 aliphatic carbocycles. The van der Waals surface area contributed by atoms with Gasteiger partial charge in [-0.1, -0.05) is 52.3 Å². The molecule has 0 amide bonds. The summed E-state index contributed by atoms with van der Waals surface area (Å²) in [7, 11) is 0. The summed E-state index contributed by atoms with van der Waals surface area (Å²) >= 11 is 3.30. The molecular weight excluding hydrogens is 343 g/mol. The molecule has 1 fully saturated rings. The largest absolute Gasteiger partial charge is 0.330 e. The number of hydrogen-bond donors (Lipinski definition) is 1. The van der Waals surface area contributed by atoms with Crippen LogP contribution in [0.5, 0.6) is 0 Å². The van der Waals surface area contributed by atoms with Crippen LogP contribution in [-0.2, 0) is 6.54 Å². The van der Waals surface area contributed by atoms with E-state index in [4.69, 9.17) is 5.73 Å². The summed E-state index contributed by atoms with van der Waals surface area (Å²) < 4.78 is 14.8. The summed E-state index contributed by atoms with van der Waals surface area (Å²) in [5.74, 6) is 0.715. The van der Waals surface area contributed by atoms with E-state index in [0.717, 1.165) is 23.1 Å². The molecule has 3 rings (SSSR count). The van der Waals surface area contributed by atoms with Crippen LogP contribution in [-0.4, -0.2) is 24.5 Å². The number of hydrogen-bond acceptors (Lipinski definition) is 2. The molecule has 116 valence electrons. The smallest absolute Gasteiger partial charge is 0.128 e. The van der Waals surface area contributed by atoms with Gasteiger partial charge >= 0.3 is 0 Å². The molecule has 1 aliphatic rings. The molecule has 2 aromatic rings. The predicted octanol–water partition coefficient (Wildman–Crippen LogP) is 3.76. The minimum atomic E-state index is -0.151. The zero-order valence-electron chi connectivity index (χ0n) is 12.4. The number of halogens is 2. The van der Waals surface area contributed by atoms with Crippen molar-refractivity contribution in [1.29, 1.82) is 0 Å². The minimum absolute atomic E-state index is 0.151. The molecule has 0 saturated carbocycles. The number of likely N-dealkylation sites (tertiary alicyclic amines) is 1. The SMILES string of the molecule is NC[C@@H]1CN(Cc2ccc(Br)cc2F)C[C@H]1c1ccccc1. The Bertz CT molecular complexity index is 632. The van der Waals surface area contributed by atoms with Gasteiger partial charge in [0.2, 0.25) is 0 Å². The van der Waals surface area contributed by atoms with Gasteiger partial charge in [0.1, 0.15) is 5.82 Å². The van der Waals surface area contributed by atoms with E-state index < -0.39 is 0 Å². The van der Waals surface area contributed by atoms with Crippen LogP contribution in [0.3, 0.4) is 0 Å². The summed E-state index contributed by atoms with van der Waals surface area (Å²) in [5.41, 5.74) is 8.03. The van der Waals surface area contributed by atoms with E-state index in [1.165, 1.54) is 11.6 Å². The van der Waals surface area contributed by atoms with Gasteiger partial charge in [0.15, 0.2) is 0 Å². The van der Waals surface area contributed by atoms with Crippen LogP contribution in [0.15, 0.2) is 53.0 Å². The van der Waals surface area contributed by atoms with Crippen LogP contribution >= 0.6 is 15.9 Å². The van der Waals surface area contributed by atoms with Crippen molar-refractivity contribution in [3.8, 4) is 0 Å². The van der Waals surface area contributed by atoms with Gasteiger partial charge in [0.05, 0.1) is 0 Å². The molecule has 2 aromatic carbocycles. The first kappa shape index (κ1) is 15.7. The molecule has 4 heteroatoms. The standard InChI is InChI=1S/C18H20BrFN2/c19-16-7-6-14(18(20)8-16)10-22-11-15(9-21)17(12-22)13-4-2-1-3-5-13/h1-8,15,17H,9-12,21H2/t15-,17+/m1/s1. The Morgan fingerprint density at radius 3 is 2.59 bits per heavy atom. The molecule has 2 atom stereocenters. The van der Waals surface area contributed by atoms with Gasteiger partial charge in [0, 0.05) is 35.6 Å². The Kier molecular flexibility index (Phi) is 4.91. The Balaban J connectivity index is 1.74. The van der Waals surface area contributed by atoms with E-state index in [9.17, 15) is 4.39 Å². The lowest BCUT2D eigenvalue weighted by Crippen LogP contribution is -2.23. The highest BCUT2D eigenvalue weighted by Gasteiger charge is 2.32. The lowest BCUT2D eigenvalue weighted by atomic mass is 9.89. The Labute approximate surface area is 139 Å². The molecular formula is C18H20BrFN2. The molecule has 2 N–H and O–H groups in total. The van der Waals surface area contributed by atoms with Crippen molar-refractivity contribution < 1.29 is 4.39 Å². The van der Waals surface area contributed by atoms with Gasteiger partial charge in [-0.05, 0) is 30.2 Å². The first-order valence-corrected chi connectivity index (χ1v) is 8.38. The molecule has 0 spiro atoms. The average Bonchev–Trinajstić information content (AvgIpc) is 2.94. The van der Waals surface area contributed by atoms with Crippen LogP contribution in [0, 0.1) is 11.7 Å². The maximum Gasteiger partial charge on any atom is 0.128 e. The van der Waals surface area contributed by atoms with Crippen molar-refractivity contribution in [1.82, 2.24) is 4.90 Å². The van der Waals surface area contributed by atoms with Crippen molar-refractivity contribution in [2.75, 3.05) is 19.6 Å².